The zero-order valence-corrected chi connectivity index (χ0v) is 55.9. The van der Waals surface area contributed by atoms with Gasteiger partial charge >= 0.3 is 0 Å². The average molecular weight is 1200 g/mol. The van der Waals surface area contributed by atoms with E-state index in [-0.39, 0.29) is 74.7 Å². The summed E-state index contributed by atoms with van der Waals surface area (Å²) in [6.07, 6.45) is 3.90. The molecule has 2 aliphatic heterocycles. The van der Waals surface area contributed by atoms with E-state index in [1.165, 1.54) is 85.7 Å². The number of carbonyl (C=O) groups excluding carboxylic acids is 11. The van der Waals surface area contributed by atoms with Crippen molar-refractivity contribution in [3.8, 4) is 0 Å². The molecule has 22 nitrogen and oxygen atoms in total. The number of allylic oxidation sites excluding steroid dienone is 1. The van der Waals surface area contributed by atoms with Crippen molar-refractivity contribution in [1.29, 1.82) is 0 Å². The molecule has 0 aromatic rings. The highest BCUT2D eigenvalue weighted by Gasteiger charge is 2.46. The normalized spacial score (nSPS) is 28.9. The van der Waals surface area contributed by atoms with Gasteiger partial charge in [0.1, 0.15) is 48.3 Å². The van der Waals surface area contributed by atoms with Gasteiger partial charge in [-0.25, -0.2) is 0 Å². The Balaban J connectivity index is 2.96. The van der Waals surface area contributed by atoms with Crippen LogP contribution in [0.3, 0.4) is 0 Å². The zero-order valence-electron chi connectivity index (χ0n) is 55.9. The van der Waals surface area contributed by atoms with E-state index in [0.717, 1.165) is 4.90 Å². The fourth-order valence-corrected chi connectivity index (χ4v) is 11.3. The van der Waals surface area contributed by atoms with E-state index in [1.807, 2.05) is 74.5 Å². The molecular formula is C63H110N10O12. The van der Waals surface area contributed by atoms with Crippen molar-refractivity contribution in [2.45, 2.75) is 216 Å². The Kier molecular flexibility index (Phi) is 29.9. The SMILES string of the molecule is CC[C@H]1NC(=O)[C@@H]([C@@H]2OCC=CC[C@H]2C)N(C)C(=O)[C@@H](C(C)C)N(C)C(=O)[C@@H](CC(C)C)N(C)C(=O)[C@@H](CC(C)C)N(C)C(=O)[C@H](C)CC(=O)[C@@H](C)NC(=O)[C@@H](CC(C)C)N(C)C(=O)[C@@H](C(C)C)NC(=O)[C@H](CC(C)C)N(C)C(=O)CN(C)C1=O. The molecule has 2 aliphatic rings. The maximum Gasteiger partial charge on any atom is 0.246 e. The lowest BCUT2D eigenvalue weighted by Gasteiger charge is -2.42. The Labute approximate surface area is 509 Å². The first kappa shape index (κ1) is 75.2. The lowest BCUT2D eigenvalue weighted by molar-refractivity contribution is -0.158. The number of rotatable bonds is 12. The van der Waals surface area contributed by atoms with Crippen LogP contribution in [0.4, 0.5) is 0 Å². The highest BCUT2D eigenvalue weighted by atomic mass is 16.5. The largest absolute Gasteiger partial charge is 0.371 e. The smallest absolute Gasteiger partial charge is 0.246 e. The number of ketones is 1. The van der Waals surface area contributed by atoms with Gasteiger partial charge in [0, 0.05) is 61.7 Å². The molecule has 0 spiro atoms. The summed E-state index contributed by atoms with van der Waals surface area (Å²) in [5.74, 6) is -9.21. The molecule has 0 saturated carbocycles. The van der Waals surface area contributed by atoms with E-state index in [2.05, 4.69) is 16.0 Å². The van der Waals surface area contributed by atoms with Gasteiger partial charge in [-0.2, -0.15) is 0 Å². The maximum absolute atomic E-state index is 15.3. The van der Waals surface area contributed by atoms with Crippen molar-refractivity contribution in [3.63, 3.8) is 0 Å². The highest BCUT2D eigenvalue weighted by molar-refractivity contribution is 5.99. The predicted molar refractivity (Wildman–Crippen MR) is 328 cm³/mol. The number of carbonyl (C=O) groups is 11. The first-order valence-corrected chi connectivity index (χ1v) is 30.9. The van der Waals surface area contributed by atoms with E-state index in [1.54, 1.807) is 41.5 Å². The summed E-state index contributed by atoms with van der Waals surface area (Å²) < 4.78 is 6.32. The monoisotopic (exact) mass is 1200 g/mol. The van der Waals surface area contributed by atoms with Crippen LogP contribution in [0.5, 0.6) is 0 Å². The van der Waals surface area contributed by atoms with Crippen LogP contribution in [0.15, 0.2) is 12.2 Å². The number of hydrogen-bond donors (Lipinski definition) is 3. The van der Waals surface area contributed by atoms with Gasteiger partial charge in [-0.3, -0.25) is 52.7 Å². The van der Waals surface area contributed by atoms with Gasteiger partial charge in [0.05, 0.1) is 25.3 Å². The third-order valence-corrected chi connectivity index (χ3v) is 16.6. The maximum atomic E-state index is 15.3. The van der Waals surface area contributed by atoms with Gasteiger partial charge < -0.3 is 55.0 Å². The molecule has 484 valence electrons. The van der Waals surface area contributed by atoms with E-state index in [9.17, 15) is 33.6 Å². The zero-order chi connectivity index (χ0) is 65.4. The van der Waals surface area contributed by atoms with E-state index < -0.39 is 150 Å². The second-order valence-corrected chi connectivity index (χ2v) is 26.6. The molecule has 3 N–H and O–H groups in total. The summed E-state index contributed by atoms with van der Waals surface area (Å²) >= 11 is 0. The molecule has 22 heteroatoms. The van der Waals surface area contributed by atoms with Gasteiger partial charge in [0.15, 0.2) is 5.78 Å². The quantitative estimate of drug-likeness (QED) is 0.230. The van der Waals surface area contributed by atoms with Crippen molar-refractivity contribution in [1.82, 2.24) is 50.2 Å². The van der Waals surface area contributed by atoms with Crippen LogP contribution in [0.2, 0.25) is 0 Å². The number of Topliss-reactive ketones (excluding diaryl/α,β-unsaturated/α-hetero) is 1. The average Bonchev–Trinajstić information content (AvgIpc) is 2.75. The number of likely N-dealkylation sites (N-methyl/N-ethyl adjacent to an activating group) is 7. The second kappa shape index (κ2) is 33.8. The Morgan fingerprint density at radius 1 is 0.494 bits per heavy atom. The topological polar surface area (TPSA) is 256 Å². The molecule has 2 rings (SSSR count). The summed E-state index contributed by atoms with van der Waals surface area (Å²) in [5, 5.41) is 8.53. The molecule has 10 amide bonds. The first-order chi connectivity index (χ1) is 39.3. The number of ether oxygens (including phenoxy) is 1. The molecule has 0 bridgehead atoms. The van der Waals surface area contributed by atoms with Crippen molar-refractivity contribution in [2.75, 3.05) is 62.5 Å². The van der Waals surface area contributed by atoms with Crippen LogP contribution in [0, 0.1) is 47.3 Å². The van der Waals surface area contributed by atoms with Gasteiger partial charge in [0.2, 0.25) is 59.1 Å². The van der Waals surface area contributed by atoms with Gasteiger partial charge in [-0.15, -0.1) is 0 Å². The summed E-state index contributed by atoms with van der Waals surface area (Å²) in [4.78, 5) is 170. The molecule has 0 aliphatic carbocycles. The number of amides is 10. The second-order valence-electron chi connectivity index (χ2n) is 26.6. The van der Waals surface area contributed by atoms with Crippen LogP contribution in [-0.2, 0) is 57.5 Å². The molecule has 0 aromatic carbocycles. The third kappa shape index (κ3) is 20.6. The summed E-state index contributed by atoms with van der Waals surface area (Å²) in [6.45, 7) is 28.4. The van der Waals surface area contributed by atoms with Crippen LogP contribution in [0.25, 0.3) is 0 Å². The van der Waals surface area contributed by atoms with E-state index >= 15 is 19.2 Å². The molecule has 0 unspecified atom stereocenters. The van der Waals surface area contributed by atoms with E-state index in [4.69, 9.17) is 4.74 Å². The first-order valence-electron chi connectivity index (χ1n) is 30.9. The van der Waals surface area contributed by atoms with Gasteiger partial charge in [-0.05, 0) is 86.9 Å². The lowest BCUT2D eigenvalue weighted by Crippen LogP contribution is -2.63. The molecule has 0 aromatic heterocycles. The fraction of sp³-hybridized carbons (Fsp3) is 0.794. The van der Waals surface area contributed by atoms with Crippen molar-refractivity contribution in [2.24, 2.45) is 47.3 Å². The Morgan fingerprint density at radius 3 is 1.44 bits per heavy atom. The minimum atomic E-state index is -1.33. The molecular weight excluding hydrogens is 1090 g/mol. The van der Waals surface area contributed by atoms with Crippen molar-refractivity contribution in [3.05, 3.63) is 12.2 Å². The van der Waals surface area contributed by atoms with Crippen LogP contribution < -0.4 is 16.0 Å². The van der Waals surface area contributed by atoms with Crippen LogP contribution in [-0.4, -0.2) is 222 Å². The third-order valence-electron chi connectivity index (χ3n) is 16.6. The Hall–Kier alpha value is -5.93. The van der Waals surface area contributed by atoms with Gasteiger partial charge in [0.25, 0.3) is 0 Å². The summed E-state index contributed by atoms with van der Waals surface area (Å²) in [5.41, 5.74) is 0. The van der Waals surface area contributed by atoms with Crippen LogP contribution in [0.1, 0.15) is 156 Å². The minimum absolute atomic E-state index is 0.0799. The van der Waals surface area contributed by atoms with E-state index in [0.29, 0.717) is 6.42 Å². The molecule has 85 heavy (non-hydrogen) atoms. The summed E-state index contributed by atoms with van der Waals surface area (Å²) in [6, 6.07) is -10.4. The predicted octanol–water partition coefficient (Wildman–Crippen LogP) is 4.38. The standard InChI is InChI=1S/C63H110N10O12/c1-24-44-59(80)67(17)34-50(75)68(18)45(29-35(2)3)56(77)66-51(39(10)11)62(83)69(19)46(30-36(4)5)55(76)64-43(16)49(74)33-42(15)58(79)70(20)47(31-37(6)7)60(81)71(21)48(32-38(8)9)61(82)72(22)52(40(12)13)63(84)73(23)53(57(78)65-44)54-41(14)27-25-26-28-85-54/h25-26,35-48,51-54H,24,27-34H2,1-23H3,(H,64,76)(H,65,78)(H,66,77)/t41-,42-,43-,44-,45+,46-,47-,48-,51-,52-,53-,54-/m1/s1. The minimum Gasteiger partial charge on any atom is -0.371 e. The molecule has 1 fully saturated rings. The Bertz CT molecular complexity index is 2360. The molecule has 2 heterocycles. The van der Waals surface area contributed by atoms with Crippen molar-refractivity contribution < 1.29 is 57.5 Å². The molecule has 12 atom stereocenters. The van der Waals surface area contributed by atoms with Gasteiger partial charge in [-0.1, -0.05) is 116 Å². The Morgan fingerprint density at radius 2 is 0.953 bits per heavy atom. The molecule has 0 radical (unpaired) electrons. The number of hydrogen-bond acceptors (Lipinski definition) is 12. The highest BCUT2D eigenvalue weighted by Crippen LogP contribution is 2.28. The molecule has 1 saturated heterocycles. The van der Waals surface area contributed by atoms with Crippen molar-refractivity contribution >= 4 is 64.9 Å². The fourth-order valence-electron chi connectivity index (χ4n) is 11.3. The number of nitrogens with zero attached hydrogens (tertiary/aromatic N) is 7. The lowest BCUT2D eigenvalue weighted by atomic mass is 9.91. The van der Waals surface area contributed by atoms with Crippen LogP contribution >= 0.6 is 0 Å². The summed E-state index contributed by atoms with van der Waals surface area (Å²) in [7, 11) is 10.3. The number of nitrogens with one attached hydrogen (secondary N) is 3.